The van der Waals surface area contributed by atoms with Gasteiger partial charge in [0, 0.05) is 6.54 Å². The first-order chi connectivity index (χ1) is 7.52. The van der Waals surface area contributed by atoms with Crippen molar-refractivity contribution >= 4 is 7.12 Å². The van der Waals surface area contributed by atoms with Crippen LogP contribution in [0.2, 0.25) is 6.32 Å². The molecule has 16 heavy (non-hydrogen) atoms. The molecule has 0 aromatic carbocycles. The van der Waals surface area contributed by atoms with Crippen molar-refractivity contribution in [3.05, 3.63) is 0 Å². The van der Waals surface area contributed by atoms with Crippen molar-refractivity contribution in [1.82, 2.24) is 4.90 Å². The molecule has 0 spiro atoms. The first-order valence-corrected chi connectivity index (χ1v) is 6.53. The van der Waals surface area contributed by atoms with Gasteiger partial charge in [-0.1, -0.05) is 6.42 Å². The first-order valence-electron chi connectivity index (χ1n) is 6.53. The van der Waals surface area contributed by atoms with Gasteiger partial charge in [-0.2, -0.15) is 0 Å². The van der Waals surface area contributed by atoms with Gasteiger partial charge in [0.15, 0.2) is 0 Å². The van der Waals surface area contributed by atoms with Crippen LogP contribution in [0.4, 0.5) is 0 Å². The van der Waals surface area contributed by atoms with Crippen LogP contribution in [0.1, 0.15) is 32.1 Å². The number of nitrogens with zero attached hydrogens (tertiary/aromatic N) is 1. The molecule has 0 radical (unpaired) electrons. The largest absolute Gasteiger partial charge is 0.451 e. The zero-order valence-electron chi connectivity index (χ0n) is 10.5. The lowest BCUT2D eigenvalue weighted by Crippen LogP contribution is -2.28. The van der Waals surface area contributed by atoms with E-state index in [0.717, 1.165) is 18.3 Å². The van der Waals surface area contributed by atoms with Crippen molar-refractivity contribution in [3.63, 3.8) is 0 Å². The van der Waals surface area contributed by atoms with Gasteiger partial charge in [0.2, 0.25) is 0 Å². The number of fused-ring (bicyclic) bond motifs is 1. The molecule has 0 saturated heterocycles. The number of hydrogen-bond donors (Lipinski definition) is 2. The predicted molar refractivity (Wildman–Crippen MR) is 66.1 cm³/mol. The third-order valence-corrected chi connectivity index (χ3v) is 4.49. The molecule has 3 nitrogen and oxygen atoms in total. The third kappa shape index (κ3) is 2.79. The molecule has 4 heteroatoms. The second kappa shape index (κ2) is 4.67. The van der Waals surface area contributed by atoms with Crippen molar-refractivity contribution in [2.75, 3.05) is 20.6 Å². The first kappa shape index (κ1) is 12.4. The quantitative estimate of drug-likeness (QED) is 0.691. The molecule has 0 unspecified atom stereocenters. The SMILES string of the molecule is CN(C)C[C@]12CC[C@@H](CCB(O)O)C[C@@H]1C2. The van der Waals surface area contributed by atoms with Gasteiger partial charge >= 0.3 is 7.12 Å². The van der Waals surface area contributed by atoms with Crippen LogP contribution < -0.4 is 0 Å². The van der Waals surface area contributed by atoms with Crippen LogP contribution >= 0.6 is 0 Å². The lowest BCUT2D eigenvalue weighted by atomic mass is 9.74. The average molecular weight is 225 g/mol. The molecule has 0 heterocycles. The second-order valence-corrected chi connectivity index (χ2v) is 6.20. The van der Waals surface area contributed by atoms with Gasteiger partial charge in [0.1, 0.15) is 0 Å². The minimum atomic E-state index is -1.10. The monoisotopic (exact) mass is 225 g/mol. The fraction of sp³-hybridized carbons (Fsp3) is 1.00. The Morgan fingerprint density at radius 1 is 1.38 bits per heavy atom. The maximum absolute atomic E-state index is 8.88. The summed E-state index contributed by atoms with van der Waals surface area (Å²) < 4.78 is 0. The Balaban J connectivity index is 1.74. The van der Waals surface area contributed by atoms with Gasteiger partial charge in [-0.05, 0) is 63.3 Å². The van der Waals surface area contributed by atoms with Crippen LogP contribution in [-0.2, 0) is 0 Å². The van der Waals surface area contributed by atoms with Crippen LogP contribution in [-0.4, -0.2) is 42.7 Å². The molecule has 2 N–H and O–H groups in total. The van der Waals surface area contributed by atoms with E-state index in [1.165, 1.54) is 32.2 Å². The molecule has 2 saturated carbocycles. The van der Waals surface area contributed by atoms with E-state index in [4.69, 9.17) is 10.0 Å². The molecule has 0 aromatic rings. The topological polar surface area (TPSA) is 43.7 Å². The zero-order chi connectivity index (χ0) is 11.8. The minimum Gasteiger partial charge on any atom is -0.427 e. The molecule has 2 fully saturated rings. The summed E-state index contributed by atoms with van der Waals surface area (Å²) in [6.07, 6.45) is 6.91. The molecule has 92 valence electrons. The average Bonchev–Trinajstić information content (AvgIpc) is 2.86. The normalized spacial score (nSPS) is 37.3. The minimum absolute atomic E-state index is 0.554. The Morgan fingerprint density at radius 3 is 2.69 bits per heavy atom. The van der Waals surface area contributed by atoms with E-state index in [9.17, 15) is 0 Å². The Hall–Kier alpha value is -0.0551. The van der Waals surface area contributed by atoms with E-state index in [0.29, 0.717) is 11.7 Å². The van der Waals surface area contributed by atoms with Gasteiger partial charge in [-0.3, -0.25) is 0 Å². The van der Waals surface area contributed by atoms with Crippen LogP contribution in [0.5, 0.6) is 0 Å². The van der Waals surface area contributed by atoms with E-state index < -0.39 is 7.12 Å². The van der Waals surface area contributed by atoms with Crippen molar-refractivity contribution in [2.24, 2.45) is 17.3 Å². The molecule has 0 aromatic heterocycles. The Kier molecular flexibility index (Phi) is 3.62. The maximum Gasteiger partial charge on any atom is 0.451 e. The third-order valence-electron chi connectivity index (χ3n) is 4.49. The van der Waals surface area contributed by atoms with Gasteiger partial charge in [0.05, 0.1) is 0 Å². The standard InChI is InChI=1S/C12H24BNO2/c1-14(2)9-12-5-3-10(4-6-13(15)16)7-11(12)8-12/h10-11,15-16H,3-9H2,1-2H3/t10-,11+,12+/m0/s1. The summed E-state index contributed by atoms with van der Waals surface area (Å²) in [5.41, 5.74) is 0.637. The van der Waals surface area contributed by atoms with Crippen LogP contribution in [0.25, 0.3) is 0 Å². The highest BCUT2D eigenvalue weighted by atomic mass is 16.4. The summed E-state index contributed by atoms with van der Waals surface area (Å²) in [5.74, 6) is 1.66. The molecule has 0 amide bonds. The number of hydrogen-bond acceptors (Lipinski definition) is 3. The van der Waals surface area contributed by atoms with E-state index in [1.54, 1.807) is 0 Å². The van der Waals surface area contributed by atoms with Crippen LogP contribution in [0.3, 0.4) is 0 Å². The lowest BCUT2D eigenvalue weighted by molar-refractivity contribution is 0.204. The fourth-order valence-corrected chi connectivity index (χ4v) is 3.63. The fourth-order valence-electron chi connectivity index (χ4n) is 3.63. The highest BCUT2D eigenvalue weighted by Gasteiger charge is 2.56. The molecule has 2 aliphatic rings. The second-order valence-electron chi connectivity index (χ2n) is 6.20. The summed E-state index contributed by atoms with van der Waals surface area (Å²) >= 11 is 0. The van der Waals surface area contributed by atoms with E-state index >= 15 is 0 Å². The van der Waals surface area contributed by atoms with E-state index in [2.05, 4.69) is 19.0 Å². The Morgan fingerprint density at radius 2 is 2.12 bits per heavy atom. The maximum atomic E-state index is 8.88. The molecule has 2 rings (SSSR count). The van der Waals surface area contributed by atoms with Crippen molar-refractivity contribution < 1.29 is 10.0 Å². The molecule has 0 bridgehead atoms. The van der Waals surface area contributed by atoms with Crippen molar-refractivity contribution in [2.45, 2.75) is 38.4 Å². The summed E-state index contributed by atoms with van der Waals surface area (Å²) in [5, 5.41) is 17.8. The summed E-state index contributed by atoms with van der Waals surface area (Å²) in [4.78, 5) is 2.32. The smallest absolute Gasteiger partial charge is 0.427 e. The Bertz CT molecular complexity index is 247. The van der Waals surface area contributed by atoms with Gasteiger partial charge in [-0.15, -0.1) is 0 Å². The van der Waals surface area contributed by atoms with Crippen molar-refractivity contribution in [3.8, 4) is 0 Å². The predicted octanol–water partition coefficient (Wildman–Crippen LogP) is 1.22. The lowest BCUT2D eigenvalue weighted by Gasteiger charge is -2.30. The summed E-state index contributed by atoms with van der Waals surface area (Å²) in [6.45, 7) is 1.24. The molecule has 2 aliphatic carbocycles. The van der Waals surface area contributed by atoms with Gasteiger partial charge < -0.3 is 14.9 Å². The van der Waals surface area contributed by atoms with E-state index in [-0.39, 0.29) is 0 Å². The van der Waals surface area contributed by atoms with Crippen LogP contribution in [0, 0.1) is 17.3 Å². The van der Waals surface area contributed by atoms with Gasteiger partial charge in [-0.25, -0.2) is 0 Å². The van der Waals surface area contributed by atoms with E-state index in [1.807, 2.05) is 0 Å². The Labute approximate surface area is 99.0 Å². The molecule has 3 atom stereocenters. The zero-order valence-corrected chi connectivity index (χ0v) is 10.5. The molecular formula is C12H24BNO2. The van der Waals surface area contributed by atoms with Crippen molar-refractivity contribution in [1.29, 1.82) is 0 Å². The summed E-state index contributed by atoms with van der Waals surface area (Å²) in [7, 11) is 3.23. The molecule has 0 aliphatic heterocycles. The van der Waals surface area contributed by atoms with Gasteiger partial charge in [0.25, 0.3) is 0 Å². The highest BCUT2D eigenvalue weighted by molar-refractivity contribution is 6.40. The summed E-state index contributed by atoms with van der Waals surface area (Å²) in [6, 6.07) is 0. The molecular weight excluding hydrogens is 201 g/mol. The van der Waals surface area contributed by atoms with Crippen LogP contribution in [0.15, 0.2) is 0 Å². The highest BCUT2D eigenvalue weighted by Crippen LogP contribution is 2.63. The number of rotatable bonds is 5.